The summed E-state index contributed by atoms with van der Waals surface area (Å²) in [4.78, 5) is 116. The van der Waals surface area contributed by atoms with Gasteiger partial charge in [-0.25, -0.2) is 28.4 Å². The minimum atomic E-state index is -1.80. The Morgan fingerprint density at radius 1 is 0.480 bits per heavy atom. The molecule has 660 valence electrons. The van der Waals surface area contributed by atoms with Crippen molar-refractivity contribution in [2.75, 3.05) is 27.9 Å². The van der Waals surface area contributed by atoms with Crippen LogP contribution in [0.25, 0.3) is 0 Å². The van der Waals surface area contributed by atoms with Crippen molar-refractivity contribution in [2.24, 2.45) is 0 Å². The first kappa shape index (κ1) is 104. The van der Waals surface area contributed by atoms with Gasteiger partial charge in [0.25, 0.3) is 0 Å². The van der Waals surface area contributed by atoms with Gasteiger partial charge in [0, 0.05) is 70.8 Å². The van der Waals surface area contributed by atoms with Crippen LogP contribution in [0.5, 0.6) is 17.2 Å². The summed E-state index contributed by atoms with van der Waals surface area (Å²) in [5, 5.41) is 78.9. The van der Waals surface area contributed by atoms with E-state index in [-0.39, 0.29) is 87.7 Å². The van der Waals surface area contributed by atoms with Gasteiger partial charge in [0.2, 0.25) is 29.0 Å². The van der Waals surface area contributed by atoms with E-state index in [0.717, 1.165) is 87.3 Å². The summed E-state index contributed by atoms with van der Waals surface area (Å²) in [5.41, 5.74) is -4.18. The number of fused-ring (bicyclic) bond motifs is 1. The Balaban J connectivity index is 0.000000306. The Bertz CT molecular complexity index is 5140. The van der Waals surface area contributed by atoms with Crippen LogP contribution in [0.1, 0.15) is 154 Å². The van der Waals surface area contributed by atoms with Crippen LogP contribution in [0.4, 0.5) is 50.4 Å². The second kappa shape index (κ2) is 45.1. The number of nitro benzene ring substituents is 5. The summed E-state index contributed by atoms with van der Waals surface area (Å²) < 4.78 is 113. The van der Waals surface area contributed by atoms with Crippen molar-refractivity contribution < 1.29 is 133 Å². The zero-order chi connectivity index (χ0) is 93.6. The van der Waals surface area contributed by atoms with E-state index in [1.165, 1.54) is 31.7 Å². The molecule has 10 rings (SSSR count). The first-order valence-electron chi connectivity index (χ1n) is 35.0. The monoisotopic (exact) mass is 1850 g/mol. The summed E-state index contributed by atoms with van der Waals surface area (Å²) in [5.74, 6) is -9.21. The van der Waals surface area contributed by atoms with E-state index in [4.69, 9.17) is 113 Å². The smallest absolute Gasteiger partial charge is 0.493 e. The summed E-state index contributed by atoms with van der Waals surface area (Å²) in [6.45, 7) is 20.6. The number of aryl methyl sites for hydroxylation is 1. The van der Waals surface area contributed by atoms with Crippen molar-refractivity contribution in [3.8, 4) is 17.2 Å². The predicted octanol–water partition coefficient (Wildman–Crippen LogP) is 19.2. The van der Waals surface area contributed by atoms with Gasteiger partial charge >= 0.3 is 65.4 Å². The molecule has 0 aromatic heterocycles. The Hall–Kier alpha value is -11.4. The second-order valence-electron chi connectivity index (χ2n) is 28.1. The lowest BCUT2D eigenvalue weighted by molar-refractivity contribution is -0.387. The van der Waals surface area contributed by atoms with Gasteiger partial charge in [-0.3, -0.25) is 55.4 Å². The third kappa shape index (κ3) is 30.0. The van der Waals surface area contributed by atoms with Gasteiger partial charge in [-0.15, -0.1) is 0 Å². The molecule has 3 unspecified atom stereocenters. The molecule has 123 heavy (non-hydrogen) atoms. The Kier molecular flexibility index (Phi) is 38.2. The lowest BCUT2D eigenvalue weighted by Gasteiger charge is -2.32. The highest BCUT2D eigenvalue weighted by molar-refractivity contribution is 6.62. The number of methoxy groups -OCH3 is 3. The largest absolute Gasteiger partial charge is 0.494 e. The number of carbonyl (C=O) groups excluding carboxylic acids is 4. The molecule has 2 aliphatic heterocycles. The highest BCUT2D eigenvalue weighted by atomic mass is 35.5. The van der Waals surface area contributed by atoms with Gasteiger partial charge in [-0.05, 0) is 149 Å². The van der Waals surface area contributed by atoms with Crippen LogP contribution in [0.15, 0.2) is 127 Å². The number of carbonyl (C=O) groups is 6. The molecule has 0 radical (unpaired) electrons. The van der Waals surface area contributed by atoms with Crippen LogP contribution in [0.2, 0.25) is 30.1 Å². The first-order valence-corrected chi connectivity index (χ1v) is 37.3. The van der Waals surface area contributed by atoms with Gasteiger partial charge < -0.3 is 57.8 Å². The molecular formula is C78H75BCl6F5N5O28. The number of Topliss-reactive ketones (excluding diaryl/α,β-unsaturated/α-hetero) is 1. The van der Waals surface area contributed by atoms with E-state index in [9.17, 15) is 106 Å². The number of aliphatic hydroxyl groups excluding tert-OH is 1. The molecule has 0 aliphatic carbocycles. The third-order valence-electron chi connectivity index (χ3n) is 16.5. The first-order chi connectivity index (χ1) is 56.9. The van der Waals surface area contributed by atoms with Gasteiger partial charge in [0.15, 0.2) is 24.1 Å². The van der Waals surface area contributed by atoms with Crippen molar-refractivity contribution in [2.45, 2.75) is 130 Å². The molecule has 3 atom stereocenters. The number of ketones is 1. The molecule has 8 aromatic carbocycles. The van der Waals surface area contributed by atoms with Crippen molar-refractivity contribution in [3.05, 3.63) is 276 Å². The molecule has 33 nitrogen and oxygen atoms in total. The Morgan fingerprint density at radius 2 is 0.862 bits per heavy atom. The van der Waals surface area contributed by atoms with E-state index in [0.29, 0.717) is 30.0 Å². The number of hydrogen-bond acceptors (Lipinski definition) is 26. The predicted molar refractivity (Wildman–Crippen MR) is 436 cm³/mol. The number of para-hydroxylation sites is 1. The molecule has 45 heteroatoms. The molecule has 0 bridgehead atoms. The highest BCUT2D eigenvalue weighted by Crippen LogP contribution is 2.43. The number of carboxylic acid groups (broad SMARTS) is 2. The molecule has 8 aromatic rings. The fraction of sp³-hybridized carbons (Fsp3) is 0.308. The maximum absolute atomic E-state index is 13.5. The van der Waals surface area contributed by atoms with Crippen molar-refractivity contribution in [1.82, 2.24) is 0 Å². The summed E-state index contributed by atoms with van der Waals surface area (Å²) in [6.07, 6.45) is -2.15. The number of esters is 3. The fourth-order valence-electron chi connectivity index (χ4n) is 9.99. The maximum Gasteiger partial charge on any atom is 0.494 e. The topological polar surface area (TPSA) is 462 Å². The molecule has 0 saturated carbocycles. The van der Waals surface area contributed by atoms with Crippen molar-refractivity contribution >= 4 is 146 Å². The second-order valence-corrected chi connectivity index (χ2v) is 30.6. The number of ether oxygens (including phenoxy) is 7. The molecule has 3 N–H and O–H groups in total. The number of aliphatic hydroxyl groups is 1. The summed E-state index contributed by atoms with van der Waals surface area (Å²) >= 11 is 34.0. The zero-order valence-corrected chi connectivity index (χ0v) is 71.5. The van der Waals surface area contributed by atoms with Gasteiger partial charge in [-0.1, -0.05) is 99.9 Å². The van der Waals surface area contributed by atoms with Crippen molar-refractivity contribution in [3.63, 3.8) is 0 Å². The average molecular weight is 1850 g/mol. The van der Waals surface area contributed by atoms with E-state index in [2.05, 4.69) is 43.2 Å². The van der Waals surface area contributed by atoms with E-state index in [1.807, 2.05) is 12.1 Å². The Morgan fingerprint density at radius 3 is 1.27 bits per heavy atom. The minimum Gasteiger partial charge on any atom is -0.493 e. The van der Waals surface area contributed by atoms with Crippen LogP contribution in [0, 0.1) is 79.7 Å². The van der Waals surface area contributed by atoms with E-state index in [1.54, 1.807) is 71.9 Å². The number of nitro groups is 5. The number of nitrogens with zero attached hydrogens (tertiary/aromatic N) is 5. The number of benzene rings is 8. The molecular weight excluding hydrogens is 1770 g/mol. The molecule has 0 spiro atoms. The van der Waals surface area contributed by atoms with Crippen molar-refractivity contribution in [1.29, 1.82) is 0 Å². The van der Waals surface area contributed by atoms with E-state index < -0.39 is 147 Å². The summed E-state index contributed by atoms with van der Waals surface area (Å²) in [7, 11) is 3.10. The lowest BCUT2D eigenvalue weighted by Crippen LogP contribution is -2.41. The standard InChI is InChI=1S/C19H20ClNO6.C15H21BO3.C13H15ClFNO5.C9H7ClFNO5.C8H5ClFNO3.C7H3ClFNO4.C7H4ClFO2/c1-19(2,3)27-17(18(22)25-4)13-10-15(21(23)24)16(11-14(13)20)26-12-8-6-5-7-9-12;1-14(2)15(3,4)19-16(18-14)12-7-8-13-11(10-12)6-5-9-17-13;1-13(2,3)21-11(12(17)20-4)7-5-10(16(18)19)9(15)6-8(7)14;1-17-9(14)8(13)4-2-7(12(15)16)6(11)3-5(4)10;1-4(12)5-2-8(11(13)14)7(10)3-6(5)9;8-4-2-5(9)6(10(13)14)1-3(4)7(11)12;8-6-3-4(9)1-2-5(6)7(10)11/h5-11,17H,1-4H3;7-8,10H,5-6,9H2,1-4H3;5-6,11H,1-4H3;2-3,8,13H,1H3;2-3H,1H3;1-2H,(H,11,12);1-3H,(H,10,11). The SMILES string of the molecule is CC(=O)c1cc([N+](=O)[O-])c(F)cc1Cl.CC1(C)OB(c2ccc3c(c2)CCCO3)OC1(C)C.COC(=O)C(O)c1cc([N+](=O)[O-])c(F)cc1Cl.COC(=O)C(OC(C)(C)C)c1cc([N+](=O)[O-])c(F)cc1Cl.COC(=O)C(OC(C)(C)C)c1cc([N+](=O)[O-])c(Oc2ccccc2)cc1Cl.O=C(O)c1cc([N+](=O)[O-])c(F)cc1Cl.O=C(O)c1ccc(F)cc1Cl. The van der Waals surface area contributed by atoms with Gasteiger partial charge in [-0.2, -0.15) is 17.6 Å². The molecule has 1 saturated heterocycles. The number of hydrogen-bond donors (Lipinski definition) is 3. The number of halogens is 11. The van der Waals surface area contributed by atoms with Crippen LogP contribution in [-0.2, 0) is 53.8 Å². The Labute approximate surface area is 726 Å². The number of rotatable bonds is 19. The quantitative estimate of drug-likeness (QED) is 0.0129. The normalized spacial score (nSPS) is 13.4. The summed E-state index contributed by atoms with van der Waals surface area (Å²) in [6, 6.07) is 26.2. The van der Waals surface area contributed by atoms with Crippen LogP contribution >= 0.6 is 69.6 Å². The fourth-order valence-corrected chi connectivity index (χ4v) is 11.5. The zero-order valence-electron chi connectivity index (χ0n) is 67.0. The minimum absolute atomic E-state index is 0.0217. The van der Waals surface area contributed by atoms with Gasteiger partial charge in [0.05, 0.1) is 116 Å². The van der Waals surface area contributed by atoms with Crippen LogP contribution < -0.4 is 14.9 Å². The highest BCUT2D eigenvalue weighted by Gasteiger charge is 2.52. The molecule has 2 heterocycles. The lowest BCUT2D eigenvalue weighted by atomic mass is 9.78. The average Bonchev–Trinajstić information content (AvgIpc) is 1.67. The molecule has 0 amide bonds. The number of aromatic carboxylic acids is 2. The van der Waals surface area contributed by atoms with Crippen LogP contribution in [-0.4, -0.2) is 133 Å². The van der Waals surface area contributed by atoms with Crippen LogP contribution in [0.3, 0.4) is 0 Å². The third-order valence-corrected chi connectivity index (χ3v) is 18.4. The molecule has 1 fully saturated rings. The molecule has 2 aliphatic rings. The van der Waals surface area contributed by atoms with E-state index >= 15 is 0 Å². The van der Waals surface area contributed by atoms with Gasteiger partial charge in [0.1, 0.15) is 17.3 Å². The maximum atomic E-state index is 13.5. The number of carboxylic acids is 2.